The molecule has 3 N–H and O–H groups in total. The van der Waals surface area contributed by atoms with Crippen molar-refractivity contribution in [2.75, 3.05) is 29.0 Å². The van der Waals surface area contributed by atoms with E-state index in [1.54, 1.807) is 18.6 Å². The zero-order valence-electron chi connectivity index (χ0n) is 25.1. The van der Waals surface area contributed by atoms with Crippen LogP contribution in [0.1, 0.15) is 47.0 Å². The van der Waals surface area contributed by atoms with Crippen LogP contribution in [0.5, 0.6) is 0 Å². The second-order valence-corrected chi connectivity index (χ2v) is 13.7. The predicted octanol–water partition coefficient (Wildman–Crippen LogP) is 4.62. The zero-order valence-corrected chi connectivity index (χ0v) is 26.7. The number of imidazole rings is 1. The molecule has 4 aromatic rings. The summed E-state index contributed by atoms with van der Waals surface area (Å²) in [6, 6.07) is 12.1. The fourth-order valence-electron chi connectivity index (χ4n) is 6.96. The molecule has 3 aliphatic heterocycles. The average Bonchev–Trinajstić information content (AvgIpc) is 3.75. The Morgan fingerprint density at radius 2 is 1.95 bits per heavy atom. The summed E-state index contributed by atoms with van der Waals surface area (Å²) in [7, 11) is -0.457. The summed E-state index contributed by atoms with van der Waals surface area (Å²) < 4.78 is 15.7. The number of anilines is 4. The first-order valence-corrected chi connectivity index (χ1v) is 15.8. The van der Waals surface area contributed by atoms with Crippen LogP contribution in [0.2, 0.25) is 0 Å². The number of piperazine rings is 1. The van der Waals surface area contributed by atoms with E-state index in [1.165, 1.54) is 12.1 Å². The van der Waals surface area contributed by atoms with Crippen molar-refractivity contribution in [3.8, 4) is 0 Å². The molecule has 224 valence electrons. The van der Waals surface area contributed by atoms with Crippen LogP contribution >= 0.6 is 15.9 Å². The Balaban J connectivity index is 0.955. The van der Waals surface area contributed by atoms with Gasteiger partial charge in [-0.15, -0.1) is 0 Å². The SMILES string of the molecule is CC(CCC1(C)OB(c2cncc(N)c2)OC1(C)C)N1C[C@H]2C[C@@H]1CN2c1ccc(Nc2nc(Br)cn3ccnc23)cc1. The number of fused-ring (bicyclic) bond motifs is 3. The average molecular weight is 645 g/mol. The van der Waals surface area contributed by atoms with Crippen molar-refractivity contribution in [1.29, 1.82) is 0 Å². The van der Waals surface area contributed by atoms with Crippen LogP contribution in [0.25, 0.3) is 5.65 Å². The van der Waals surface area contributed by atoms with Gasteiger partial charge in [-0.2, -0.15) is 0 Å². The molecule has 0 aliphatic carbocycles. The predicted molar refractivity (Wildman–Crippen MR) is 174 cm³/mol. The van der Waals surface area contributed by atoms with Crippen LogP contribution < -0.4 is 21.4 Å². The Morgan fingerprint density at radius 1 is 1.14 bits per heavy atom. The fraction of sp³-hybridized carbons (Fsp3) is 0.452. The molecule has 0 saturated carbocycles. The van der Waals surface area contributed by atoms with Gasteiger partial charge in [0.25, 0.3) is 0 Å². The zero-order chi connectivity index (χ0) is 29.9. The topological polar surface area (TPSA) is 106 Å². The Bertz CT molecular complexity index is 1630. The summed E-state index contributed by atoms with van der Waals surface area (Å²) in [5.74, 6) is 0.723. The third-order valence-electron chi connectivity index (χ3n) is 9.79. The van der Waals surface area contributed by atoms with Crippen LogP contribution in [0, 0.1) is 0 Å². The Hall–Kier alpha value is -3.19. The van der Waals surface area contributed by atoms with E-state index in [0.29, 0.717) is 23.8 Å². The number of rotatable bonds is 8. The lowest BCUT2D eigenvalue weighted by Gasteiger charge is -2.41. The number of nitrogens with zero attached hydrogens (tertiary/aromatic N) is 6. The van der Waals surface area contributed by atoms with Crippen molar-refractivity contribution in [3.05, 3.63) is 65.9 Å². The van der Waals surface area contributed by atoms with E-state index < -0.39 is 18.3 Å². The fourth-order valence-corrected chi connectivity index (χ4v) is 7.36. The number of hydrogen-bond acceptors (Lipinski definition) is 9. The van der Waals surface area contributed by atoms with E-state index in [4.69, 9.17) is 15.0 Å². The lowest BCUT2D eigenvalue weighted by Crippen LogP contribution is -2.51. The number of halogens is 1. The summed E-state index contributed by atoms with van der Waals surface area (Å²) >= 11 is 3.49. The maximum atomic E-state index is 6.56. The number of likely N-dealkylation sites (tertiary alicyclic amines) is 1. The number of nitrogens with two attached hydrogens (primary N) is 1. The molecular weight excluding hydrogens is 607 g/mol. The molecule has 12 heteroatoms. The smallest absolute Gasteiger partial charge is 0.399 e. The molecule has 4 atom stereocenters. The van der Waals surface area contributed by atoms with Crippen LogP contribution in [-0.4, -0.2) is 73.8 Å². The number of hydrogen-bond donors (Lipinski definition) is 2. The largest absolute Gasteiger partial charge is 0.496 e. The molecule has 43 heavy (non-hydrogen) atoms. The molecule has 6 heterocycles. The lowest BCUT2D eigenvalue weighted by atomic mass is 9.80. The van der Waals surface area contributed by atoms with Crippen LogP contribution in [0.15, 0.2) is 65.9 Å². The normalized spacial score (nSPS) is 25.6. The molecule has 10 nitrogen and oxygen atoms in total. The number of nitrogen functional groups attached to an aromatic ring is 1. The van der Waals surface area contributed by atoms with Gasteiger partial charge in [-0.05, 0) is 93.2 Å². The van der Waals surface area contributed by atoms with Crippen LogP contribution in [0.3, 0.4) is 0 Å². The second kappa shape index (κ2) is 10.8. The van der Waals surface area contributed by atoms with Crippen molar-refractivity contribution < 1.29 is 9.31 Å². The molecular formula is C31H38BBrN8O2. The molecule has 1 aromatic carbocycles. The first kappa shape index (κ1) is 28.6. The van der Waals surface area contributed by atoms with Crippen LogP contribution in [0.4, 0.5) is 22.9 Å². The molecule has 7 rings (SSSR count). The van der Waals surface area contributed by atoms with Gasteiger partial charge in [-0.3, -0.25) is 9.88 Å². The minimum absolute atomic E-state index is 0.411. The van der Waals surface area contributed by atoms with Crippen molar-refractivity contribution >= 4 is 57.0 Å². The highest BCUT2D eigenvalue weighted by molar-refractivity contribution is 9.10. The molecule has 0 spiro atoms. The Morgan fingerprint density at radius 3 is 2.70 bits per heavy atom. The van der Waals surface area contributed by atoms with E-state index in [1.807, 2.05) is 22.9 Å². The summed E-state index contributed by atoms with van der Waals surface area (Å²) in [6.07, 6.45) is 12.2. The van der Waals surface area contributed by atoms with Gasteiger partial charge < -0.3 is 29.7 Å². The maximum absolute atomic E-state index is 6.56. The van der Waals surface area contributed by atoms with Crippen molar-refractivity contribution in [3.63, 3.8) is 0 Å². The molecule has 3 fully saturated rings. The molecule has 2 unspecified atom stereocenters. The van der Waals surface area contributed by atoms with Gasteiger partial charge in [0.1, 0.15) is 4.60 Å². The quantitative estimate of drug-likeness (QED) is 0.266. The molecule has 0 amide bonds. The van der Waals surface area contributed by atoms with Gasteiger partial charge in [-0.25, -0.2) is 9.97 Å². The van der Waals surface area contributed by atoms with Crippen molar-refractivity contribution in [1.82, 2.24) is 24.3 Å². The van der Waals surface area contributed by atoms with E-state index in [-0.39, 0.29) is 0 Å². The monoisotopic (exact) mass is 644 g/mol. The maximum Gasteiger partial charge on any atom is 0.496 e. The summed E-state index contributed by atoms with van der Waals surface area (Å²) in [6.45, 7) is 10.9. The Kier molecular flexibility index (Phi) is 7.15. The van der Waals surface area contributed by atoms with Crippen LogP contribution in [-0.2, 0) is 9.31 Å². The minimum atomic E-state index is -0.457. The van der Waals surface area contributed by atoms with E-state index >= 15 is 0 Å². The highest BCUT2D eigenvalue weighted by Crippen LogP contribution is 2.42. The summed E-state index contributed by atoms with van der Waals surface area (Å²) in [5, 5.41) is 3.43. The van der Waals surface area contributed by atoms with Gasteiger partial charge in [0.05, 0.1) is 11.2 Å². The summed E-state index contributed by atoms with van der Waals surface area (Å²) in [4.78, 5) is 18.5. The van der Waals surface area contributed by atoms with Gasteiger partial charge in [0, 0.05) is 84.7 Å². The number of aromatic nitrogens is 4. The van der Waals surface area contributed by atoms with Gasteiger partial charge in [-0.1, -0.05) is 0 Å². The van der Waals surface area contributed by atoms with E-state index in [9.17, 15) is 0 Å². The van der Waals surface area contributed by atoms with Crippen molar-refractivity contribution in [2.24, 2.45) is 0 Å². The number of nitrogens with one attached hydrogen (secondary N) is 1. The second-order valence-electron chi connectivity index (χ2n) is 12.9. The first-order chi connectivity index (χ1) is 20.6. The van der Waals surface area contributed by atoms with Crippen molar-refractivity contribution in [2.45, 2.75) is 76.3 Å². The third kappa shape index (κ3) is 5.28. The van der Waals surface area contributed by atoms with E-state index in [0.717, 1.165) is 53.1 Å². The number of benzene rings is 1. The third-order valence-corrected chi connectivity index (χ3v) is 10.2. The van der Waals surface area contributed by atoms with E-state index in [2.05, 4.69) is 98.0 Å². The minimum Gasteiger partial charge on any atom is -0.399 e. The van der Waals surface area contributed by atoms with Gasteiger partial charge >= 0.3 is 7.12 Å². The summed E-state index contributed by atoms with van der Waals surface area (Å²) in [5.41, 5.74) is 9.66. The molecule has 2 bridgehead atoms. The lowest BCUT2D eigenvalue weighted by molar-refractivity contribution is -0.0218. The molecule has 3 saturated heterocycles. The van der Waals surface area contributed by atoms with Gasteiger partial charge in [0.2, 0.25) is 0 Å². The standard InChI is InChI=1S/C31H38BBrN8O2/c1-20(9-10-31(4)30(2,3)42-32(43-31)21-13-22(34)16-35-15-21)40-17-26-14-25(40)18-41(26)24-7-5-23(6-8-24)37-28-29-36-11-12-39(29)19-27(33)38-28/h5-8,11-13,15-16,19-20,25-26H,9-10,14,17-18,34H2,1-4H3,(H,37,38)/t20?,25-,26-,31?/m1/s1. The molecule has 3 aliphatic rings. The first-order valence-electron chi connectivity index (χ1n) is 15.0. The Labute approximate surface area is 261 Å². The highest BCUT2D eigenvalue weighted by atomic mass is 79.9. The highest BCUT2D eigenvalue weighted by Gasteiger charge is 2.55. The number of pyridine rings is 1. The van der Waals surface area contributed by atoms with Gasteiger partial charge in [0.15, 0.2) is 11.5 Å². The molecule has 0 radical (unpaired) electrons. The molecule has 3 aromatic heterocycles.